The van der Waals surface area contributed by atoms with Gasteiger partial charge in [-0.25, -0.2) is 0 Å². The number of benzene rings is 1. The Bertz CT molecular complexity index is 254. The maximum Gasteiger partial charge on any atom is 0.0444 e. The molecule has 3 N–H and O–H groups in total. The quantitative estimate of drug-likeness (QED) is 0.747. The second kappa shape index (κ2) is 5.78. The predicted octanol–water partition coefficient (Wildman–Crippen LogP) is 1.86. The fourth-order valence-electron chi connectivity index (χ4n) is 1.57. The largest absolute Gasteiger partial charge is 0.329 e. The molecule has 0 saturated heterocycles. The lowest BCUT2D eigenvalue weighted by Gasteiger charge is -2.16. The summed E-state index contributed by atoms with van der Waals surface area (Å²) in [4.78, 5) is 0. The summed E-state index contributed by atoms with van der Waals surface area (Å²) in [5.41, 5.74) is 8.36. The first-order valence-electron chi connectivity index (χ1n) is 5.34. The van der Waals surface area contributed by atoms with Gasteiger partial charge in [-0.15, -0.1) is 0 Å². The van der Waals surface area contributed by atoms with Crippen LogP contribution in [0.5, 0.6) is 0 Å². The maximum absolute atomic E-state index is 5.70. The third kappa shape index (κ3) is 2.82. The van der Waals surface area contributed by atoms with E-state index >= 15 is 0 Å². The van der Waals surface area contributed by atoms with Gasteiger partial charge in [0.15, 0.2) is 0 Å². The van der Waals surface area contributed by atoms with E-state index < -0.39 is 0 Å². The molecule has 1 rings (SSSR count). The Morgan fingerprint density at radius 3 is 2.29 bits per heavy atom. The van der Waals surface area contributed by atoms with Crippen molar-refractivity contribution in [2.45, 2.75) is 26.3 Å². The Morgan fingerprint density at radius 2 is 1.86 bits per heavy atom. The van der Waals surface area contributed by atoms with Crippen LogP contribution in [-0.4, -0.2) is 13.1 Å². The molecule has 0 bridgehead atoms. The first-order chi connectivity index (χ1) is 6.81. The highest BCUT2D eigenvalue weighted by atomic mass is 14.9. The highest BCUT2D eigenvalue weighted by Gasteiger charge is 2.06. The zero-order valence-corrected chi connectivity index (χ0v) is 9.09. The summed E-state index contributed by atoms with van der Waals surface area (Å²) in [7, 11) is 0. The van der Waals surface area contributed by atoms with Crippen LogP contribution in [0.4, 0.5) is 0 Å². The molecule has 0 aromatic heterocycles. The number of hydrogen-bond acceptors (Lipinski definition) is 2. The molecule has 1 aromatic rings. The van der Waals surface area contributed by atoms with Gasteiger partial charge in [0.1, 0.15) is 0 Å². The molecule has 0 amide bonds. The second-order valence-electron chi connectivity index (χ2n) is 3.44. The number of aryl methyl sites for hydroxylation is 1. The fourth-order valence-corrected chi connectivity index (χ4v) is 1.57. The Balaban J connectivity index is 2.73. The van der Waals surface area contributed by atoms with E-state index in [0.29, 0.717) is 12.6 Å². The lowest BCUT2D eigenvalue weighted by Crippen LogP contribution is -2.27. The van der Waals surface area contributed by atoms with Crippen molar-refractivity contribution in [1.29, 1.82) is 0 Å². The van der Waals surface area contributed by atoms with Gasteiger partial charge in [0.05, 0.1) is 0 Å². The van der Waals surface area contributed by atoms with Crippen molar-refractivity contribution in [3.63, 3.8) is 0 Å². The van der Waals surface area contributed by atoms with Gasteiger partial charge >= 0.3 is 0 Å². The van der Waals surface area contributed by atoms with Crippen molar-refractivity contribution in [2.75, 3.05) is 13.1 Å². The van der Waals surface area contributed by atoms with E-state index in [-0.39, 0.29) is 0 Å². The average Bonchev–Trinajstić information content (AvgIpc) is 2.26. The third-order valence-electron chi connectivity index (χ3n) is 2.48. The molecule has 1 aromatic carbocycles. The van der Waals surface area contributed by atoms with E-state index in [1.165, 1.54) is 11.1 Å². The molecule has 0 saturated carbocycles. The molecular weight excluding hydrogens is 172 g/mol. The third-order valence-corrected chi connectivity index (χ3v) is 2.48. The zero-order valence-electron chi connectivity index (χ0n) is 9.09. The van der Waals surface area contributed by atoms with Crippen molar-refractivity contribution in [3.05, 3.63) is 35.4 Å². The first kappa shape index (κ1) is 11.2. The van der Waals surface area contributed by atoms with Crippen molar-refractivity contribution in [1.82, 2.24) is 5.32 Å². The summed E-state index contributed by atoms with van der Waals surface area (Å²) in [6.07, 6.45) is 1.09. The molecule has 78 valence electrons. The van der Waals surface area contributed by atoms with Crippen LogP contribution < -0.4 is 11.1 Å². The number of likely N-dealkylation sites (N-methyl/N-ethyl adjacent to an activating group) is 1. The number of rotatable bonds is 5. The Labute approximate surface area is 86.5 Å². The summed E-state index contributed by atoms with van der Waals surface area (Å²) in [6.45, 7) is 5.87. The molecule has 0 aliphatic heterocycles. The van der Waals surface area contributed by atoms with Gasteiger partial charge in [-0.1, -0.05) is 38.1 Å². The van der Waals surface area contributed by atoms with Crippen LogP contribution in [0.3, 0.4) is 0 Å². The van der Waals surface area contributed by atoms with E-state index in [1.54, 1.807) is 0 Å². The van der Waals surface area contributed by atoms with E-state index in [1.807, 2.05) is 0 Å². The Morgan fingerprint density at radius 1 is 1.21 bits per heavy atom. The zero-order chi connectivity index (χ0) is 10.4. The van der Waals surface area contributed by atoms with Crippen LogP contribution in [0, 0.1) is 0 Å². The molecule has 0 aliphatic rings. The summed E-state index contributed by atoms with van der Waals surface area (Å²) in [5, 5.41) is 3.36. The minimum absolute atomic E-state index is 0.297. The molecule has 0 heterocycles. The molecule has 0 aliphatic carbocycles. The van der Waals surface area contributed by atoms with Crippen LogP contribution >= 0.6 is 0 Å². The van der Waals surface area contributed by atoms with Gasteiger partial charge in [0, 0.05) is 12.6 Å². The molecule has 0 spiro atoms. The first-order valence-corrected chi connectivity index (χ1v) is 5.34. The number of nitrogens with one attached hydrogen (secondary N) is 1. The van der Waals surface area contributed by atoms with Gasteiger partial charge in [0.2, 0.25) is 0 Å². The van der Waals surface area contributed by atoms with Gasteiger partial charge < -0.3 is 11.1 Å². The lowest BCUT2D eigenvalue weighted by atomic mass is 10.0. The van der Waals surface area contributed by atoms with Crippen molar-refractivity contribution in [2.24, 2.45) is 5.73 Å². The topological polar surface area (TPSA) is 38.0 Å². The van der Waals surface area contributed by atoms with Crippen molar-refractivity contribution in [3.8, 4) is 0 Å². The maximum atomic E-state index is 5.70. The Kier molecular flexibility index (Phi) is 4.63. The lowest BCUT2D eigenvalue weighted by molar-refractivity contribution is 0.561. The van der Waals surface area contributed by atoms with Gasteiger partial charge in [0.25, 0.3) is 0 Å². The van der Waals surface area contributed by atoms with E-state index in [4.69, 9.17) is 5.73 Å². The Hall–Kier alpha value is -0.860. The molecule has 2 heteroatoms. The van der Waals surface area contributed by atoms with Crippen LogP contribution in [0.15, 0.2) is 24.3 Å². The highest BCUT2D eigenvalue weighted by Crippen LogP contribution is 2.12. The minimum atomic E-state index is 0.297. The second-order valence-corrected chi connectivity index (χ2v) is 3.44. The normalized spacial score (nSPS) is 12.8. The standard InChI is InChI=1S/C12H20N2/c1-3-10-5-7-11(8-6-10)12(9-13)14-4-2/h5-8,12,14H,3-4,9,13H2,1-2H3. The molecule has 2 nitrogen and oxygen atoms in total. The number of hydrogen-bond donors (Lipinski definition) is 2. The molecular formula is C12H20N2. The van der Waals surface area contributed by atoms with E-state index in [9.17, 15) is 0 Å². The van der Waals surface area contributed by atoms with Crippen LogP contribution in [0.25, 0.3) is 0 Å². The minimum Gasteiger partial charge on any atom is -0.329 e. The van der Waals surface area contributed by atoms with Crippen molar-refractivity contribution >= 4 is 0 Å². The van der Waals surface area contributed by atoms with Gasteiger partial charge in [-0.2, -0.15) is 0 Å². The van der Waals surface area contributed by atoms with Gasteiger partial charge in [-0.3, -0.25) is 0 Å². The molecule has 0 radical (unpaired) electrons. The monoisotopic (exact) mass is 192 g/mol. The molecule has 0 fully saturated rings. The van der Waals surface area contributed by atoms with Crippen molar-refractivity contribution < 1.29 is 0 Å². The van der Waals surface area contributed by atoms with E-state index in [0.717, 1.165) is 13.0 Å². The van der Waals surface area contributed by atoms with Gasteiger partial charge in [-0.05, 0) is 24.1 Å². The highest BCUT2D eigenvalue weighted by molar-refractivity contribution is 5.25. The smallest absolute Gasteiger partial charge is 0.0444 e. The average molecular weight is 192 g/mol. The number of nitrogens with two attached hydrogens (primary N) is 1. The fraction of sp³-hybridized carbons (Fsp3) is 0.500. The summed E-state index contributed by atoms with van der Waals surface area (Å²) in [5.74, 6) is 0. The van der Waals surface area contributed by atoms with Crippen LogP contribution in [0.2, 0.25) is 0 Å². The van der Waals surface area contributed by atoms with Crippen LogP contribution in [-0.2, 0) is 6.42 Å². The molecule has 1 atom stereocenters. The predicted molar refractivity (Wildman–Crippen MR) is 61.3 cm³/mol. The molecule has 1 unspecified atom stereocenters. The summed E-state index contributed by atoms with van der Waals surface area (Å²) < 4.78 is 0. The summed E-state index contributed by atoms with van der Waals surface area (Å²) in [6, 6.07) is 8.98. The van der Waals surface area contributed by atoms with Crippen LogP contribution in [0.1, 0.15) is 31.0 Å². The molecule has 14 heavy (non-hydrogen) atoms. The SMILES string of the molecule is CCNC(CN)c1ccc(CC)cc1. The van der Waals surface area contributed by atoms with E-state index in [2.05, 4.69) is 43.4 Å². The summed E-state index contributed by atoms with van der Waals surface area (Å²) >= 11 is 0.